The Bertz CT molecular complexity index is 531. The van der Waals surface area contributed by atoms with Crippen LogP contribution in [0.25, 0.3) is 10.8 Å². The first kappa shape index (κ1) is 12.3. The number of hydrogen-bond donors (Lipinski definition) is 1. The third-order valence-corrected chi connectivity index (χ3v) is 3.79. The van der Waals surface area contributed by atoms with Gasteiger partial charge in [0.25, 0.3) is 0 Å². The molecule has 2 rings (SSSR count). The van der Waals surface area contributed by atoms with Crippen LogP contribution in [0.4, 0.5) is 0 Å². The van der Waals surface area contributed by atoms with Gasteiger partial charge in [-0.1, -0.05) is 49.4 Å². The molecule has 1 N–H and O–H groups in total. The highest BCUT2D eigenvalue weighted by Gasteiger charge is 2.14. The van der Waals surface area contributed by atoms with Gasteiger partial charge in [0.2, 0.25) is 0 Å². The van der Waals surface area contributed by atoms with Crippen LogP contribution in [0, 0.1) is 0 Å². The summed E-state index contributed by atoms with van der Waals surface area (Å²) in [6, 6.07) is 14.3. The molecule has 90 valence electrons. The van der Waals surface area contributed by atoms with Crippen molar-refractivity contribution in [1.29, 1.82) is 0 Å². The smallest absolute Gasteiger partial charge is 0.153 e. The Hall–Kier alpha value is -1.19. The summed E-state index contributed by atoms with van der Waals surface area (Å²) in [4.78, 5) is 0. The maximum Gasteiger partial charge on any atom is 0.153 e. The van der Waals surface area contributed by atoms with Crippen LogP contribution in [0.5, 0.6) is 0 Å². The summed E-state index contributed by atoms with van der Waals surface area (Å²) in [5, 5.41) is 2.37. The molecule has 0 spiro atoms. The molecule has 2 aromatic rings. The van der Waals surface area contributed by atoms with Crippen LogP contribution < -0.4 is 0 Å². The van der Waals surface area contributed by atoms with Gasteiger partial charge in [0.15, 0.2) is 11.1 Å². The van der Waals surface area contributed by atoms with E-state index in [2.05, 4.69) is 31.2 Å². The minimum absolute atomic E-state index is 0.145. The van der Waals surface area contributed by atoms with Crippen molar-refractivity contribution in [2.24, 2.45) is 0 Å². The quantitative estimate of drug-likeness (QED) is 0.840. The van der Waals surface area contributed by atoms with Gasteiger partial charge in [-0.2, -0.15) is 0 Å². The second-order valence-corrected chi connectivity index (χ2v) is 5.14. The average molecular weight is 248 g/mol. The van der Waals surface area contributed by atoms with Crippen LogP contribution in [-0.4, -0.2) is 14.5 Å². The predicted molar refractivity (Wildman–Crippen MR) is 72.6 cm³/mol. The Morgan fingerprint density at radius 3 is 2.59 bits per heavy atom. The zero-order chi connectivity index (χ0) is 12.3. The van der Waals surface area contributed by atoms with Gasteiger partial charge in [-0.15, -0.1) is 0 Å². The Morgan fingerprint density at radius 2 is 1.88 bits per heavy atom. The lowest BCUT2D eigenvalue weighted by atomic mass is 9.93. The van der Waals surface area contributed by atoms with E-state index in [4.69, 9.17) is 4.55 Å². The van der Waals surface area contributed by atoms with E-state index in [0.29, 0.717) is 5.75 Å². The second-order valence-electron chi connectivity index (χ2n) is 4.16. The van der Waals surface area contributed by atoms with Crippen molar-refractivity contribution >= 4 is 21.9 Å². The van der Waals surface area contributed by atoms with Crippen LogP contribution in [0.1, 0.15) is 24.8 Å². The van der Waals surface area contributed by atoms with Gasteiger partial charge in [-0.05, 0) is 28.7 Å². The summed E-state index contributed by atoms with van der Waals surface area (Å²) < 4.78 is 20.0. The molecule has 2 aromatic carbocycles. The number of rotatable bonds is 4. The summed E-state index contributed by atoms with van der Waals surface area (Å²) in [6.07, 6.45) is 0.875. The molecule has 17 heavy (non-hydrogen) atoms. The molecule has 0 aromatic heterocycles. The van der Waals surface area contributed by atoms with Gasteiger partial charge < -0.3 is 4.55 Å². The Kier molecular flexibility index (Phi) is 3.92. The van der Waals surface area contributed by atoms with E-state index in [0.717, 1.165) is 6.42 Å². The van der Waals surface area contributed by atoms with Crippen LogP contribution in [0.2, 0.25) is 0 Å². The van der Waals surface area contributed by atoms with E-state index in [1.54, 1.807) is 0 Å². The monoisotopic (exact) mass is 248 g/mol. The van der Waals surface area contributed by atoms with Crippen LogP contribution >= 0.6 is 0 Å². The Morgan fingerprint density at radius 1 is 1.18 bits per heavy atom. The van der Waals surface area contributed by atoms with Crippen molar-refractivity contribution in [2.75, 3.05) is 5.75 Å². The topological polar surface area (TPSA) is 37.3 Å². The Balaban J connectivity index is 2.49. The molecule has 0 amide bonds. The highest BCUT2D eigenvalue weighted by molar-refractivity contribution is 7.79. The third-order valence-electron chi connectivity index (χ3n) is 3.10. The lowest BCUT2D eigenvalue weighted by molar-refractivity contribution is 0.554. The summed E-state index contributed by atoms with van der Waals surface area (Å²) in [6.45, 7) is 2.05. The fourth-order valence-corrected chi connectivity index (χ4v) is 2.97. The van der Waals surface area contributed by atoms with Gasteiger partial charge in [0.05, 0.1) is 5.75 Å². The molecule has 0 radical (unpaired) electrons. The first-order valence-corrected chi connectivity index (χ1v) is 7.05. The second kappa shape index (κ2) is 5.43. The van der Waals surface area contributed by atoms with E-state index in [1.807, 2.05) is 18.2 Å². The average Bonchev–Trinajstić information content (AvgIpc) is 2.35. The molecule has 0 aliphatic heterocycles. The summed E-state index contributed by atoms with van der Waals surface area (Å²) in [7, 11) is 0. The molecule has 0 aliphatic rings. The predicted octanol–water partition coefficient (Wildman–Crippen LogP) is 3.56. The largest absolute Gasteiger partial charge is 0.306 e. The molecule has 0 aliphatic carbocycles. The maximum absolute atomic E-state index is 11.0. The number of benzene rings is 2. The lowest BCUT2D eigenvalue weighted by Crippen LogP contribution is -2.08. The number of fused-ring (bicyclic) bond motifs is 1. The highest BCUT2D eigenvalue weighted by Crippen LogP contribution is 2.28. The Labute approximate surface area is 104 Å². The van der Waals surface area contributed by atoms with Crippen molar-refractivity contribution in [3.63, 3.8) is 0 Å². The SMILES string of the molecule is CCC(CS(=O)O)c1cccc2ccccc12. The fourth-order valence-electron chi connectivity index (χ4n) is 2.21. The molecule has 0 saturated carbocycles. The summed E-state index contributed by atoms with van der Waals surface area (Å²) in [5.41, 5.74) is 1.17. The molecule has 2 unspecified atom stereocenters. The van der Waals surface area contributed by atoms with Gasteiger partial charge in [0.1, 0.15) is 0 Å². The summed E-state index contributed by atoms with van der Waals surface area (Å²) in [5.74, 6) is 0.455. The molecule has 0 saturated heterocycles. The van der Waals surface area contributed by atoms with Gasteiger partial charge in [0, 0.05) is 0 Å². The normalized spacial score (nSPS) is 14.7. The van der Waals surface area contributed by atoms with Crippen LogP contribution in [-0.2, 0) is 11.1 Å². The minimum Gasteiger partial charge on any atom is -0.306 e. The molecule has 0 bridgehead atoms. The first-order chi connectivity index (χ1) is 8.22. The first-order valence-electron chi connectivity index (χ1n) is 5.77. The molecule has 2 atom stereocenters. The fraction of sp³-hybridized carbons (Fsp3) is 0.286. The van der Waals surface area contributed by atoms with Gasteiger partial charge >= 0.3 is 0 Å². The molecule has 0 heterocycles. The van der Waals surface area contributed by atoms with E-state index in [1.165, 1.54) is 16.3 Å². The van der Waals surface area contributed by atoms with Gasteiger partial charge in [-0.25, -0.2) is 4.21 Å². The van der Waals surface area contributed by atoms with Crippen molar-refractivity contribution in [1.82, 2.24) is 0 Å². The molecular formula is C14H16O2S. The van der Waals surface area contributed by atoms with Gasteiger partial charge in [-0.3, -0.25) is 0 Å². The standard InChI is InChI=1S/C14H16O2S/c1-2-11(10-17(15)16)13-9-5-7-12-6-3-4-8-14(12)13/h3-9,11H,2,10H2,1H3,(H,15,16). The van der Waals surface area contributed by atoms with Crippen molar-refractivity contribution < 1.29 is 8.76 Å². The van der Waals surface area contributed by atoms with Crippen molar-refractivity contribution in [3.8, 4) is 0 Å². The lowest BCUT2D eigenvalue weighted by Gasteiger charge is -2.15. The molecule has 3 heteroatoms. The van der Waals surface area contributed by atoms with Crippen LogP contribution in [0.15, 0.2) is 42.5 Å². The summed E-state index contributed by atoms with van der Waals surface area (Å²) >= 11 is -1.74. The van der Waals surface area contributed by atoms with E-state index < -0.39 is 11.1 Å². The zero-order valence-corrected chi connectivity index (χ0v) is 10.6. The van der Waals surface area contributed by atoms with Crippen molar-refractivity contribution in [2.45, 2.75) is 19.3 Å². The molecule has 0 fully saturated rings. The van der Waals surface area contributed by atoms with Crippen LogP contribution in [0.3, 0.4) is 0 Å². The van der Waals surface area contributed by atoms with E-state index in [-0.39, 0.29) is 5.92 Å². The van der Waals surface area contributed by atoms with E-state index >= 15 is 0 Å². The van der Waals surface area contributed by atoms with E-state index in [9.17, 15) is 4.21 Å². The highest BCUT2D eigenvalue weighted by atomic mass is 32.2. The minimum atomic E-state index is -1.74. The molecule has 2 nitrogen and oxygen atoms in total. The molecular weight excluding hydrogens is 232 g/mol. The maximum atomic E-state index is 11.0. The van der Waals surface area contributed by atoms with Crippen molar-refractivity contribution in [3.05, 3.63) is 48.0 Å². The zero-order valence-electron chi connectivity index (χ0n) is 9.80. The third kappa shape index (κ3) is 2.73. The number of hydrogen-bond acceptors (Lipinski definition) is 1.